The Morgan fingerprint density at radius 1 is 1.09 bits per heavy atom. The number of hydrogen-bond donors (Lipinski definition) is 2. The summed E-state index contributed by atoms with van der Waals surface area (Å²) >= 11 is 6.06. The maximum Gasteiger partial charge on any atom is 0.255 e. The first-order valence-corrected chi connectivity index (χ1v) is 11.5. The molecular weight excluding hydrogens is 450 g/mol. The molecule has 7 nitrogen and oxygen atoms in total. The highest BCUT2D eigenvalue weighted by Gasteiger charge is 2.46. The van der Waals surface area contributed by atoms with E-state index in [-0.39, 0.29) is 5.91 Å². The molecule has 1 aliphatic rings. The highest BCUT2D eigenvalue weighted by molar-refractivity contribution is 6.29. The smallest absolute Gasteiger partial charge is 0.255 e. The fourth-order valence-corrected chi connectivity index (χ4v) is 5.03. The van der Waals surface area contributed by atoms with Crippen LogP contribution in [0.3, 0.4) is 0 Å². The molecule has 4 aromatic rings. The van der Waals surface area contributed by atoms with Gasteiger partial charge in [-0.3, -0.25) is 9.89 Å². The number of methoxy groups -OCH3 is 1. The Bertz CT molecular complexity index is 1290. The number of benzene rings is 2. The number of nitrogens with one attached hydrogen (secondary N) is 2. The highest BCUT2D eigenvalue weighted by atomic mass is 35.5. The summed E-state index contributed by atoms with van der Waals surface area (Å²) in [6, 6.07) is 20.5. The average Bonchev–Trinajstić information content (AvgIpc) is 3.36. The highest BCUT2D eigenvalue weighted by Crippen LogP contribution is 2.46. The Morgan fingerprint density at radius 2 is 1.88 bits per heavy atom. The average molecular weight is 474 g/mol. The van der Waals surface area contributed by atoms with Gasteiger partial charge in [0.2, 0.25) is 0 Å². The molecule has 0 fully saturated rings. The quantitative estimate of drug-likeness (QED) is 0.431. The zero-order chi connectivity index (χ0) is 23.5. The van der Waals surface area contributed by atoms with E-state index in [2.05, 4.69) is 37.8 Å². The topological polar surface area (TPSA) is 92.8 Å². The molecule has 8 heteroatoms. The number of para-hydroxylation sites is 1. The van der Waals surface area contributed by atoms with Gasteiger partial charge in [0.1, 0.15) is 5.75 Å². The molecule has 0 saturated carbocycles. The lowest BCUT2D eigenvalue weighted by Crippen LogP contribution is -2.48. The molecular formula is C26H24ClN5O2. The molecule has 0 spiro atoms. The van der Waals surface area contributed by atoms with Crippen LogP contribution >= 0.6 is 11.6 Å². The predicted octanol–water partition coefficient (Wildman–Crippen LogP) is 4.46. The largest absolute Gasteiger partial charge is 0.496 e. The van der Waals surface area contributed by atoms with Crippen LogP contribution in [0, 0.1) is 0 Å². The molecule has 0 saturated heterocycles. The predicted molar refractivity (Wildman–Crippen MR) is 129 cm³/mol. The number of rotatable bonds is 6. The van der Waals surface area contributed by atoms with Crippen LogP contribution in [0.4, 0.5) is 0 Å². The number of carbonyl (C=O) groups excluding carboxylic acids is 1. The van der Waals surface area contributed by atoms with E-state index in [0.717, 1.165) is 29.7 Å². The van der Waals surface area contributed by atoms with Crippen molar-refractivity contribution in [3.63, 3.8) is 0 Å². The molecule has 2 N–H and O–H groups in total. The molecule has 1 aliphatic carbocycles. The van der Waals surface area contributed by atoms with Crippen molar-refractivity contribution < 1.29 is 9.53 Å². The molecule has 34 heavy (non-hydrogen) atoms. The third-order valence-electron chi connectivity index (χ3n) is 6.61. The van der Waals surface area contributed by atoms with E-state index in [0.29, 0.717) is 28.6 Å². The Balaban J connectivity index is 1.64. The summed E-state index contributed by atoms with van der Waals surface area (Å²) in [4.78, 5) is 13.6. The maximum atomic E-state index is 13.6. The third kappa shape index (κ3) is 4.03. The van der Waals surface area contributed by atoms with Crippen LogP contribution in [0.25, 0.3) is 0 Å². The lowest BCUT2D eigenvalue weighted by atomic mass is 9.63. The summed E-state index contributed by atoms with van der Waals surface area (Å²) in [5, 5.41) is 19.5. The van der Waals surface area contributed by atoms with E-state index >= 15 is 0 Å². The summed E-state index contributed by atoms with van der Waals surface area (Å²) in [5.41, 5.74) is 4.00. The van der Waals surface area contributed by atoms with E-state index in [9.17, 15) is 4.79 Å². The molecule has 2 unspecified atom stereocenters. The van der Waals surface area contributed by atoms with Crippen molar-refractivity contribution in [2.45, 2.75) is 30.7 Å². The number of fused-ring (bicyclic) bond motifs is 1. The first-order chi connectivity index (χ1) is 16.6. The number of nitrogens with zero attached hydrogens (tertiary/aromatic N) is 3. The molecule has 0 radical (unpaired) electrons. The lowest BCUT2D eigenvalue weighted by Gasteiger charge is -2.43. The number of ether oxygens (including phenoxy) is 1. The number of carbonyl (C=O) groups is 1. The third-order valence-corrected chi connectivity index (χ3v) is 6.81. The molecule has 2 aromatic carbocycles. The van der Waals surface area contributed by atoms with Gasteiger partial charge >= 0.3 is 0 Å². The van der Waals surface area contributed by atoms with Crippen LogP contribution in [0.1, 0.15) is 45.3 Å². The van der Waals surface area contributed by atoms with Crippen molar-refractivity contribution >= 4 is 17.5 Å². The first kappa shape index (κ1) is 22.1. The Labute approximate surface area is 202 Å². The monoisotopic (exact) mass is 473 g/mol. The van der Waals surface area contributed by atoms with Crippen LogP contribution in [0.5, 0.6) is 5.75 Å². The fourth-order valence-electron chi connectivity index (χ4n) is 4.93. The number of halogens is 1. The van der Waals surface area contributed by atoms with Crippen LogP contribution in [-0.2, 0) is 18.3 Å². The normalized spacial score (nSPS) is 18.1. The number of aromatic nitrogens is 4. The van der Waals surface area contributed by atoms with Crippen molar-refractivity contribution in [2.24, 2.45) is 0 Å². The van der Waals surface area contributed by atoms with Crippen LogP contribution in [0.15, 0.2) is 72.9 Å². The van der Waals surface area contributed by atoms with Gasteiger partial charge in [-0.05, 0) is 54.7 Å². The molecule has 1 amide bonds. The van der Waals surface area contributed by atoms with E-state index in [4.69, 9.17) is 16.3 Å². The Hall–Kier alpha value is -3.71. The maximum absolute atomic E-state index is 13.6. The number of H-pyrrole nitrogens is 1. The van der Waals surface area contributed by atoms with Gasteiger partial charge in [0.05, 0.1) is 30.6 Å². The van der Waals surface area contributed by atoms with Gasteiger partial charge in [0, 0.05) is 11.1 Å². The summed E-state index contributed by atoms with van der Waals surface area (Å²) < 4.78 is 5.44. The molecule has 172 valence electrons. The minimum absolute atomic E-state index is 0.243. The molecule has 0 aliphatic heterocycles. The van der Waals surface area contributed by atoms with Gasteiger partial charge in [-0.15, -0.1) is 5.10 Å². The minimum atomic E-state index is -0.474. The van der Waals surface area contributed by atoms with E-state index in [1.807, 2.05) is 42.6 Å². The zero-order valence-corrected chi connectivity index (χ0v) is 19.4. The van der Waals surface area contributed by atoms with E-state index in [1.54, 1.807) is 25.3 Å². The summed E-state index contributed by atoms with van der Waals surface area (Å²) in [6.07, 6.45) is 4.14. The second-order valence-electron chi connectivity index (χ2n) is 8.46. The molecule has 0 bridgehead atoms. The fraction of sp³-hybridized carbons (Fsp3) is 0.231. The number of aromatic amines is 1. The minimum Gasteiger partial charge on any atom is -0.496 e. The van der Waals surface area contributed by atoms with Gasteiger partial charge < -0.3 is 10.1 Å². The van der Waals surface area contributed by atoms with Gasteiger partial charge in [0.25, 0.3) is 5.91 Å². The first-order valence-electron chi connectivity index (χ1n) is 11.1. The zero-order valence-electron chi connectivity index (χ0n) is 18.7. The van der Waals surface area contributed by atoms with Crippen molar-refractivity contribution in [1.29, 1.82) is 0 Å². The molecule has 2 atom stereocenters. The second kappa shape index (κ2) is 9.27. The van der Waals surface area contributed by atoms with Crippen molar-refractivity contribution in [1.82, 2.24) is 25.7 Å². The summed E-state index contributed by atoms with van der Waals surface area (Å²) in [7, 11) is 1.56. The standard InChI is InChI=1S/C26H24ClN5O2/c1-34-22-10-6-5-9-19(22)25(33)29-24(21-11-12-23(27)32-31-21)26(18-7-3-2-4-8-18)14-13-20-17(15-26)16-28-30-20/h2-12,16,24H,13-15H2,1H3,(H,28,30)(H,29,33). The Morgan fingerprint density at radius 3 is 2.65 bits per heavy atom. The van der Waals surface area contributed by atoms with Gasteiger partial charge in [-0.1, -0.05) is 54.1 Å². The number of aryl methyl sites for hydroxylation is 1. The molecule has 2 aromatic heterocycles. The van der Waals surface area contributed by atoms with Gasteiger partial charge in [-0.2, -0.15) is 10.2 Å². The van der Waals surface area contributed by atoms with Crippen molar-refractivity contribution in [3.8, 4) is 5.75 Å². The van der Waals surface area contributed by atoms with Crippen LogP contribution < -0.4 is 10.1 Å². The number of hydrogen-bond acceptors (Lipinski definition) is 5. The summed E-state index contributed by atoms with van der Waals surface area (Å²) in [6.45, 7) is 0. The molecule has 2 heterocycles. The van der Waals surface area contributed by atoms with Gasteiger partial charge in [-0.25, -0.2) is 0 Å². The molecule has 5 rings (SSSR count). The van der Waals surface area contributed by atoms with E-state index < -0.39 is 11.5 Å². The van der Waals surface area contributed by atoms with Crippen molar-refractivity contribution in [2.75, 3.05) is 7.11 Å². The number of amides is 1. The van der Waals surface area contributed by atoms with Crippen LogP contribution in [0.2, 0.25) is 5.15 Å². The Kier molecular flexibility index (Phi) is 6.02. The SMILES string of the molecule is COc1ccccc1C(=O)NC(c1ccc(Cl)nn1)C1(c2ccccc2)CCc2[nH]ncc2C1. The van der Waals surface area contributed by atoms with Gasteiger partial charge in [0.15, 0.2) is 5.15 Å². The summed E-state index contributed by atoms with van der Waals surface area (Å²) in [5.74, 6) is 0.267. The lowest BCUT2D eigenvalue weighted by molar-refractivity contribution is 0.0899. The van der Waals surface area contributed by atoms with Crippen LogP contribution in [-0.4, -0.2) is 33.4 Å². The second-order valence-corrected chi connectivity index (χ2v) is 8.85. The van der Waals surface area contributed by atoms with Crippen molar-refractivity contribution in [3.05, 3.63) is 106 Å². The van der Waals surface area contributed by atoms with E-state index in [1.165, 1.54) is 0 Å².